The number of hydrogen-bond donors (Lipinski definition) is 0. The number of carbonyl (C=O) groups is 1. The molecule has 0 aliphatic carbocycles. The molecule has 4 rings (SSSR count). The zero-order valence-electron chi connectivity index (χ0n) is 15.8. The summed E-state index contributed by atoms with van der Waals surface area (Å²) in [6.45, 7) is 0.275. The third-order valence-electron chi connectivity index (χ3n) is 4.87. The minimum Gasteiger partial charge on any atom is -0.493 e. The smallest absolute Gasteiger partial charge is 0.278 e. The Bertz CT molecular complexity index is 973. The zero-order chi connectivity index (χ0) is 19.5. The predicted molar refractivity (Wildman–Crippen MR) is 105 cm³/mol. The zero-order valence-corrected chi connectivity index (χ0v) is 15.8. The van der Waals surface area contributed by atoms with Gasteiger partial charge in [-0.3, -0.25) is 9.63 Å². The van der Waals surface area contributed by atoms with Crippen LogP contribution in [0, 0.1) is 0 Å². The van der Waals surface area contributed by atoms with Crippen molar-refractivity contribution in [2.24, 2.45) is 0 Å². The summed E-state index contributed by atoms with van der Waals surface area (Å²) in [5, 5.41) is 1.46. The van der Waals surface area contributed by atoms with Gasteiger partial charge in [-0.1, -0.05) is 48.5 Å². The van der Waals surface area contributed by atoms with Crippen LogP contribution in [0.3, 0.4) is 0 Å². The van der Waals surface area contributed by atoms with E-state index in [1.807, 2.05) is 60.7 Å². The first-order valence-corrected chi connectivity index (χ1v) is 9.04. The number of ether oxygens (including phenoxy) is 2. The number of benzene rings is 3. The summed E-state index contributed by atoms with van der Waals surface area (Å²) < 4.78 is 10.9. The number of carbonyl (C=O) groups excluding carboxylic acids is 1. The minimum atomic E-state index is -0.391. The fourth-order valence-electron chi connectivity index (χ4n) is 3.49. The highest BCUT2D eigenvalue weighted by Crippen LogP contribution is 2.41. The van der Waals surface area contributed by atoms with E-state index in [4.69, 9.17) is 14.3 Å². The van der Waals surface area contributed by atoms with Crippen molar-refractivity contribution in [3.05, 3.63) is 95.1 Å². The van der Waals surface area contributed by atoms with Crippen LogP contribution in [0.5, 0.6) is 11.5 Å². The standard InChI is InChI=1S/C23H21NO4/c1-26-20-13-18-15-28-24(23(25)17-11-7-4-8-12-17)22(16-9-5-3-6-10-16)19(18)14-21(20)27-2/h3-14,22H,15H2,1-2H3. The molecule has 1 heterocycles. The van der Waals surface area contributed by atoms with E-state index in [-0.39, 0.29) is 12.5 Å². The van der Waals surface area contributed by atoms with E-state index in [1.54, 1.807) is 26.4 Å². The van der Waals surface area contributed by atoms with E-state index >= 15 is 0 Å². The lowest BCUT2D eigenvalue weighted by Gasteiger charge is -2.37. The van der Waals surface area contributed by atoms with Gasteiger partial charge in [0.05, 0.1) is 14.2 Å². The van der Waals surface area contributed by atoms with Crippen LogP contribution in [0.2, 0.25) is 0 Å². The minimum absolute atomic E-state index is 0.185. The summed E-state index contributed by atoms with van der Waals surface area (Å²) in [6.07, 6.45) is 0. The Morgan fingerprint density at radius 3 is 2.18 bits per heavy atom. The largest absolute Gasteiger partial charge is 0.493 e. The fraction of sp³-hybridized carbons (Fsp3) is 0.174. The molecule has 0 aromatic heterocycles. The number of hydroxylamine groups is 2. The third-order valence-corrected chi connectivity index (χ3v) is 4.87. The molecular formula is C23H21NO4. The number of hydrogen-bond acceptors (Lipinski definition) is 4. The molecule has 5 heteroatoms. The first kappa shape index (κ1) is 18.1. The van der Waals surface area contributed by atoms with E-state index in [9.17, 15) is 4.79 Å². The van der Waals surface area contributed by atoms with Crippen LogP contribution >= 0.6 is 0 Å². The van der Waals surface area contributed by atoms with Crippen molar-refractivity contribution >= 4 is 5.91 Å². The van der Waals surface area contributed by atoms with Crippen molar-refractivity contribution < 1.29 is 19.1 Å². The van der Waals surface area contributed by atoms with Crippen LogP contribution in [0.15, 0.2) is 72.8 Å². The SMILES string of the molecule is COc1cc2c(cc1OC)C(c1ccccc1)N(C(=O)c1ccccc1)OC2. The summed E-state index contributed by atoms with van der Waals surface area (Å²) in [5.41, 5.74) is 3.45. The highest BCUT2D eigenvalue weighted by Gasteiger charge is 2.35. The Hall–Kier alpha value is -3.31. The summed E-state index contributed by atoms with van der Waals surface area (Å²) in [4.78, 5) is 19.2. The average Bonchev–Trinajstić information content (AvgIpc) is 2.77. The van der Waals surface area contributed by atoms with Crippen molar-refractivity contribution in [1.82, 2.24) is 5.06 Å². The lowest BCUT2D eigenvalue weighted by atomic mass is 9.92. The molecule has 1 aliphatic rings. The van der Waals surface area contributed by atoms with Gasteiger partial charge in [0.1, 0.15) is 12.6 Å². The normalized spacial score (nSPS) is 15.6. The van der Waals surface area contributed by atoms with Gasteiger partial charge in [-0.25, -0.2) is 5.06 Å². The monoisotopic (exact) mass is 375 g/mol. The van der Waals surface area contributed by atoms with Gasteiger partial charge in [-0.15, -0.1) is 0 Å². The molecule has 0 saturated carbocycles. The van der Waals surface area contributed by atoms with Gasteiger partial charge < -0.3 is 9.47 Å². The highest BCUT2D eigenvalue weighted by molar-refractivity contribution is 5.94. The van der Waals surface area contributed by atoms with Gasteiger partial charge in [-0.05, 0) is 41.0 Å². The van der Waals surface area contributed by atoms with Crippen LogP contribution in [0.4, 0.5) is 0 Å². The van der Waals surface area contributed by atoms with Crippen LogP contribution in [0.25, 0.3) is 0 Å². The number of nitrogens with zero attached hydrogens (tertiary/aromatic N) is 1. The predicted octanol–water partition coefficient (Wildman–Crippen LogP) is 4.38. The summed E-state index contributed by atoms with van der Waals surface area (Å²) >= 11 is 0. The molecule has 0 bridgehead atoms. The number of rotatable bonds is 4. The van der Waals surface area contributed by atoms with Crippen LogP contribution in [-0.2, 0) is 11.4 Å². The first-order chi connectivity index (χ1) is 13.7. The van der Waals surface area contributed by atoms with E-state index in [0.29, 0.717) is 17.1 Å². The average molecular weight is 375 g/mol. The van der Waals surface area contributed by atoms with Gasteiger partial charge in [0, 0.05) is 5.56 Å². The molecule has 0 saturated heterocycles. The Morgan fingerprint density at radius 2 is 1.54 bits per heavy atom. The molecular weight excluding hydrogens is 354 g/mol. The first-order valence-electron chi connectivity index (χ1n) is 9.04. The lowest BCUT2D eigenvalue weighted by molar-refractivity contribution is -0.162. The molecule has 3 aromatic rings. The molecule has 142 valence electrons. The second-order valence-corrected chi connectivity index (χ2v) is 6.49. The maximum atomic E-state index is 13.2. The van der Waals surface area contributed by atoms with Crippen molar-refractivity contribution in [3.8, 4) is 11.5 Å². The summed E-state index contributed by atoms with van der Waals surface area (Å²) in [5.74, 6) is 1.07. The van der Waals surface area contributed by atoms with Gasteiger partial charge in [-0.2, -0.15) is 0 Å². The van der Waals surface area contributed by atoms with E-state index in [0.717, 1.165) is 16.7 Å². The number of fused-ring (bicyclic) bond motifs is 1. The molecule has 0 fully saturated rings. The van der Waals surface area contributed by atoms with Gasteiger partial charge in [0.25, 0.3) is 5.91 Å². The molecule has 0 N–H and O–H groups in total. The molecule has 5 nitrogen and oxygen atoms in total. The van der Waals surface area contributed by atoms with Crippen molar-refractivity contribution in [1.29, 1.82) is 0 Å². The molecule has 1 amide bonds. The molecule has 28 heavy (non-hydrogen) atoms. The van der Waals surface area contributed by atoms with E-state index < -0.39 is 6.04 Å². The van der Waals surface area contributed by atoms with Crippen molar-refractivity contribution in [3.63, 3.8) is 0 Å². The van der Waals surface area contributed by atoms with Gasteiger partial charge in [0.15, 0.2) is 11.5 Å². The topological polar surface area (TPSA) is 48.0 Å². The molecule has 1 aliphatic heterocycles. The molecule has 0 spiro atoms. The van der Waals surface area contributed by atoms with Crippen molar-refractivity contribution in [2.45, 2.75) is 12.6 Å². The Kier molecular flexibility index (Phi) is 5.00. The molecule has 1 atom stereocenters. The van der Waals surface area contributed by atoms with Gasteiger partial charge >= 0.3 is 0 Å². The van der Waals surface area contributed by atoms with Crippen molar-refractivity contribution in [2.75, 3.05) is 14.2 Å². The fourth-order valence-corrected chi connectivity index (χ4v) is 3.49. The third kappa shape index (κ3) is 3.21. The summed E-state index contributed by atoms with van der Waals surface area (Å²) in [7, 11) is 3.21. The summed E-state index contributed by atoms with van der Waals surface area (Å²) in [6, 6.07) is 22.4. The van der Waals surface area contributed by atoms with Crippen LogP contribution < -0.4 is 9.47 Å². The quantitative estimate of drug-likeness (QED) is 0.679. The Labute approximate surface area is 164 Å². The Balaban J connectivity index is 1.84. The maximum absolute atomic E-state index is 13.2. The number of amides is 1. The lowest BCUT2D eigenvalue weighted by Crippen LogP contribution is -2.39. The highest BCUT2D eigenvalue weighted by atomic mass is 16.7. The van der Waals surface area contributed by atoms with E-state index in [1.165, 1.54) is 5.06 Å². The second kappa shape index (κ2) is 7.74. The maximum Gasteiger partial charge on any atom is 0.278 e. The Morgan fingerprint density at radius 1 is 0.929 bits per heavy atom. The van der Waals surface area contributed by atoms with Crippen LogP contribution in [0.1, 0.15) is 33.1 Å². The molecule has 3 aromatic carbocycles. The van der Waals surface area contributed by atoms with Crippen LogP contribution in [-0.4, -0.2) is 25.2 Å². The molecule has 0 radical (unpaired) electrons. The molecule has 1 unspecified atom stereocenters. The van der Waals surface area contributed by atoms with Gasteiger partial charge in [0.2, 0.25) is 0 Å². The van der Waals surface area contributed by atoms with E-state index in [2.05, 4.69) is 0 Å². The number of methoxy groups -OCH3 is 2. The second-order valence-electron chi connectivity index (χ2n) is 6.49.